The Bertz CT molecular complexity index is 254. The molecule has 0 aromatic heterocycles. The van der Waals surface area contributed by atoms with E-state index in [1.165, 1.54) is 0 Å². The van der Waals surface area contributed by atoms with Gasteiger partial charge in [-0.05, 0) is 19.3 Å². The van der Waals surface area contributed by atoms with Crippen molar-refractivity contribution in [2.45, 2.75) is 25.7 Å². The predicted octanol–water partition coefficient (Wildman–Crippen LogP) is -0.193. The lowest BCUT2D eigenvalue weighted by atomic mass is 10.2. The van der Waals surface area contributed by atoms with Crippen molar-refractivity contribution >= 4 is 13.6 Å². The van der Waals surface area contributed by atoms with E-state index in [-0.39, 0.29) is 13.2 Å². The van der Waals surface area contributed by atoms with E-state index in [0.29, 0.717) is 6.61 Å². The summed E-state index contributed by atoms with van der Waals surface area (Å²) in [6.07, 6.45) is 2.72. The quantitative estimate of drug-likeness (QED) is 0.247. The van der Waals surface area contributed by atoms with E-state index in [0.717, 1.165) is 25.7 Å². The second kappa shape index (κ2) is 9.56. The van der Waals surface area contributed by atoms with Gasteiger partial charge in [-0.2, -0.15) is 0 Å². The van der Waals surface area contributed by atoms with Crippen LogP contribution >= 0.6 is 7.60 Å². The Labute approximate surface area is 100 Å². The first-order valence-corrected chi connectivity index (χ1v) is 7.27. The third kappa shape index (κ3) is 13.5. The summed E-state index contributed by atoms with van der Waals surface area (Å²) >= 11 is 0. The lowest BCUT2D eigenvalue weighted by molar-refractivity contribution is -0.142. The first kappa shape index (κ1) is 16.5. The highest BCUT2D eigenvalue weighted by molar-refractivity contribution is 7.51. The van der Waals surface area contributed by atoms with Crippen molar-refractivity contribution in [2.24, 2.45) is 0 Å². The summed E-state index contributed by atoms with van der Waals surface area (Å²) < 4.78 is 15.3. The van der Waals surface area contributed by atoms with Gasteiger partial charge in [0.1, 0.15) is 0 Å². The molecule has 0 saturated heterocycles. The predicted molar refractivity (Wildman–Crippen MR) is 61.4 cm³/mol. The van der Waals surface area contributed by atoms with Crippen molar-refractivity contribution in [3.63, 3.8) is 0 Å². The molecule has 0 aliphatic heterocycles. The van der Waals surface area contributed by atoms with E-state index >= 15 is 0 Å². The van der Waals surface area contributed by atoms with Gasteiger partial charge >= 0.3 is 13.6 Å². The number of rotatable bonds is 10. The second-order valence-electron chi connectivity index (χ2n) is 3.61. The van der Waals surface area contributed by atoms with Gasteiger partial charge in [-0.1, -0.05) is 6.42 Å². The molecule has 4 N–H and O–H groups in total. The molecule has 0 fully saturated rings. The lowest BCUT2D eigenvalue weighted by Crippen LogP contribution is -2.25. The molecule has 0 spiro atoms. The molecule has 0 aliphatic rings. The number of aliphatic hydroxyl groups is 1. The molecule has 0 heterocycles. The maximum atomic E-state index is 11.0. The summed E-state index contributed by atoms with van der Waals surface area (Å²) in [6.45, 7) is 0.260. The minimum Gasteiger partial charge on any atom is -0.465 e. The molecule has 0 atom stereocenters. The van der Waals surface area contributed by atoms with E-state index in [4.69, 9.17) is 19.6 Å². The largest absolute Gasteiger partial charge is 0.465 e. The maximum absolute atomic E-state index is 11.0. The number of aliphatic hydroxyl groups excluding tert-OH is 1. The fourth-order valence-corrected chi connectivity index (χ4v) is 1.51. The van der Waals surface area contributed by atoms with Crippen LogP contribution in [0.4, 0.5) is 0 Å². The summed E-state index contributed by atoms with van der Waals surface area (Å²) in [4.78, 5) is 28.0. The Morgan fingerprint density at radius 1 is 1.18 bits per heavy atom. The normalized spacial score (nSPS) is 11.5. The van der Waals surface area contributed by atoms with E-state index < -0.39 is 19.9 Å². The molecular formula is C9H20NO6P. The minimum absolute atomic E-state index is 0.173. The Balaban J connectivity index is 3.32. The average molecular weight is 269 g/mol. The number of carbonyl (C=O) groups excluding carboxylic acids is 1. The van der Waals surface area contributed by atoms with Gasteiger partial charge in [0, 0.05) is 6.61 Å². The van der Waals surface area contributed by atoms with Crippen LogP contribution in [0.2, 0.25) is 0 Å². The Kier molecular flexibility index (Phi) is 9.30. The zero-order valence-corrected chi connectivity index (χ0v) is 10.6. The van der Waals surface area contributed by atoms with Crippen LogP contribution in [0.1, 0.15) is 25.7 Å². The number of esters is 1. The molecule has 7 nitrogen and oxygen atoms in total. The molecule has 0 radical (unpaired) electrons. The second-order valence-corrected chi connectivity index (χ2v) is 5.25. The van der Waals surface area contributed by atoms with Gasteiger partial charge in [-0.25, -0.2) is 0 Å². The molecule has 0 unspecified atom stereocenters. The molecule has 0 aromatic carbocycles. The van der Waals surface area contributed by atoms with E-state index in [9.17, 15) is 9.36 Å². The first-order chi connectivity index (χ1) is 7.95. The highest BCUT2D eigenvalue weighted by Crippen LogP contribution is 2.31. The summed E-state index contributed by atoms with van der Waals surface area (Å²) in [5.41, 5.74) is 0. The molecule has 0 amide bonds. The summed E-state index contributed by atoms with van der Waals surface area (Å²) in [5, 5.41) is 10.8. The van der Waals surface area contributed by atoms with Crippen LogP contribution in [0.5, 0.6) is 0 Å². The van der Waals surface area contributed by atoms with Gasteiger partial charge in [0.05, 0.1) is 19.4 Å². The number of ether oxygens (including phenoxy) is 1. The third-order valence-corrected chi connectivity index (χ3v) is 2.54. The van der Waals surface area contributed by atoms with Crippen LogP contribution in [0.25, 0.3) is 0 Å². The van der Waals surface area contributed by atoms with Crippen molar-refractivity contribution in [3.05, 3.63) is 0 Å². The number of carbonyl (C=O) groups is 1. The van der Waals surface area contributed by atoms with Gasteiger partial charge in [0.15, 0.2) is 0 Å². The standard InChI is InChI=1S/C9H20NO6P/c11-5-3-1-2-4-6-16-9(12)7-10-8-17(13,14)15/h10-11H,1-8H2,(H2,13,14,15). The van der Waals surface area contributed by atoms with Gasteiger partial charge in [0.2, 0.25) is 0 Å². The monoisotopic (exact) mass is 269 g/mol. The molecule has 0 rings (SSSR count). The summed E-state index contributed by atoms with van der Waals surface area (Å²) in [6, 6.07) is 0. The lowest BCUT2D eigenvalue weighted by Gasteiger charge is -2.07. The molecular weight excluding hydrogens is 249 g/mol. The topological polar surface area (TPSA) is 116 Å². The van der Waals surface area contributed by atoms with Crippen molar-refractivity contribution in [1.29, 1.82) is 0 Å². The molecule has 0 bridgehead atoms. The van der Waals surface area contributed by atoms with Gasteiger partial charge in [0.25, 0.3) is 0 Å². The number of hydrogen-bond acceptors (Lipinski definition) is 5. The first-order valence-electron chi connectivity index (χ1n) is 5.47. The smallest absolute Gasteiger partial charge is 0.339 e. The van der Waals surface area contributed by atoms with Gasteiger partial charge < -0.3 is 19.6 Å². The zero-order valence-electron chi connectivity index (χ0n) is 9.67. The number of hydrogen-bond donors (Lipinski definition) is 4. The fourth-order valence-electron chi connectivity index (χ4n) is 1.11. The third-order valence-electron chi connectivity index (χ3n) is 1.90. The molecule has 102 valence electrons. The minimum atomic E-state index is -4.11. The SMILES string of the molecule is O=C(CNCP(=O)(O)O)OCCCCCCO. The van der Waals surface area contributed by atoms with Crippen molar-refractivity contribution in [3.8, 4) is 0 Å². The maximum Gasteiger partial charge on any atom is 0.339 e. The van der Waals surface area contributed by atoms with Crippen LogP contribution in [0.3, 0.4) is 0 Å². The van der Waals surface area contributed by atoms with Crippen LogP contribution < -0.4 is 5.32 Å². The average Bonchev–Trinajstić information content (AvgIpc) is 2.21. The van der Waals surface area contributed by atoms with Crippen molar-refractivity contribution in [2.75, 3.05) is 26.0 Å². The summed E-state index contributed by atoms with van der Waals surface area (Å²) in [5.74, 6) is -0.527. The van der Waals surface area contributed by atoms with Gasteiger partial charge in [-0.15, -0.1) is 0 Å². The number of unbranched alkanes of at least 4 members (excludes halogenated alkanes) is 3. The van der Waals surface area contributed by atoms with Gasteiger partial charge in [-0.3, -0.25) is 14.7 Å². The van der Waals surface area contributed by atoms with Crippen LogP contribution in [-0.2, 0) is 14.1 Å². The number of nitrogens with one attached hydrogen (secondary N) is 1. The molecule has 0 saturated carbocycles. The molecule has 17 heavy (non-hydrogen) atoms. The molecule has 8 heteroatoms. The van der Waals surface area contributed by atoms with E-state index in [1.807, 2.05) is 0 Å². The van der Waals surface area contributed by atoms with E-state index in [2.05, 4.69) is 5.32 Å². The van der Waals surface area contributed by atoms with Crippen LogP contribution in [0.15, 0.2) is 0 Å². The fraction of sp³-hybridized carbons (Fsp3) is 0.889. The summed E-state index contributed by atoms with van der Waals surface area (Å²) in [7, 11) is -4.11. The van der Waals surface area contributed by atoms with Crippen molar-refractivity contribution in [1.82, 2.24) is 5.32 Å². The Morgan fingerprint density at radius 2 is 1.82 bits per heavy atom. The van der Waals surface area contributed by atoms with Crippen LogP contribution in [0, 0.1) is 0 Å². The Morgan fingerprint density at radius 3 is 2.41 bits per heavy atom. The Hall–Kier alpha value is -0.460. The van der Waals surface area contributed by atoms with Crippen molar-refractivity contribution < 1.29 is 29.0 Å². The molecule has 0 aromatic rings. The molecule has 0 aliphatic carbocycles. The highest BCUT2D eigenvalue weighted by atomic mass is 31.2. The zero-order chi connectivity index (χ0) is 13.1. The van der Waals surface area contributed by atoms with E-state index in [1.54, 1.807) is 0 Å². The van der Waals surface area contributed by atoms with Crippen LogP contribution in [-0.4, -0.2) is 46.9 Å². The highest BCUT2D eigenvalue weighted by Gasteiger charge is 2.12.